The van der Waals surface area contributed by atoms with Gasteiger partial charge in [0, 0.05) is 0 Å². The van der Waals surface area contributed by atoms with Crippen molar-refractivity contribution >= 4 is 149 Å². The van der Waals surface area contributed by atoms with Crippen LogP contribution in [0.3, 0.4) is 0 Å². The van der Waals surface area contributed by atoms with Gasteiger partial charge >= 0.3 is 35.0 Å². The Hall–Kier alpha value is -6.74. The number of nitrogen functional groups attached to an aromatic ring is 1. The van der Waals surface area contributed by atoms with E-state index in [1.807, 2.05) is 0 Å². The van der Waals surface area contributed by atoms with Crippen molar-refractivity contribution in [2.24, 2.45) is 19.1 Å². The van der Waals surface area contributed by atoms with E-state index < -0.39 is 93.9 Å². The molecule has 4 aromatic rings. The van der Waals surface area contributed by atoms with Crippen LogP contribution in [0.15, 0.2) is 125 Å². The van der Waals surface area contributed by atoms with Gasteiger partial charge in [-0.25, -0.2) is 27.1 Å². The molecule has 6 rings (SSSR count). The van der Waals surface area contributed by atoms with Gasteiger partial charge < -0.3 is 45.7 Å². The van der Waals surface area contributed by atoms with Crippen LogP contribution >= 0.6 is 38.9 Å². The van der Waals surface area contributed by atoms with Gasteiger partial charge in [-0.1, -0.05) is 48.5 Å². The van der Waals surface area contributed by atoms with Crippen molar-refractivity contribution < 1.29 is 91.1 Å². The smallest absolute Gasteiger partial charge is 0.339 e. The number of halogens is 3. The van der Waals surface area contributed by atoms with Crippen LogP contribution in [0.5, 0.6) is 0 Å². The van der Waals surface area contributed by atoms with E-state index in [9.17, 15) is 67.0 Å². The van der Waals surface area contributed by atoms with Gasteiger partial charge in [0.15, 0.2) is 0 Å². The Labute approximate surface area is 474 Å². The molecule has 80 heavy (non-hydrogen) atoms. The van der Waals surface area contributed by atoms with Gasteiger partial charge in [-0.3, -0.25) is 33.3 Å². The molecule has 1 amide bonds. The summed E-state index contributed by atoms with van der Waals surface area (Å²) in [6.07, 6.45) is -1.43. The third-order valence-electron chi connectivity index (χ3n) is 8.49. The SMILES string of the molecule is CCOC(=O)CC(=O)Nc1ccccc1S(N)(=O)=O.CCOC(=O)CC(=O)OCC.CCOC(=O)CC1=NS(=O)(=O)c2ccccc2N1.Nc1ccccc1S(N)(=O)=O.O=C(O)CC1=NS(=O)(=O)c2ccccc2N1.O=P(Cl)(Cl)Cl. The molecule has 440 valence electrons. The highest BCUT2D eigenvalue weighted by Crippen LogP contribution is 2.61. The molecule has 28 nitrogen and oxygen atoms in total. The molecule has 0 bridgehead atoms. The third kappa shape index (κ3) is 28.4. The van der Waals surface area contributed by atoms with Crippen LogP contribution in [-0.4, -0.2) is 113 Å². The molecule has 36 heteroatoms. The van der Waals surface area contributed by atoms with Crippen molar-refractivity contribution in [3.05, 3.63) is 97.1 Å². The summed E-state index contributed by atoms with van der Waals surface area (Å²) in [5, 5.41) is 23.0. The van der Waals surface area contributed by atoms with Crippen LogP contribution in [0.2, 0.25) is 0 Å². The summed E-state index contributed by atoms with van der Waals surface area (Å²) < 4.78 is 126. The molecule has 0 saturated carbocycles. The van der Waals surface area contributed by atoms with E-state index in [-0.39, 0.29) is 81.9 Å². The summed E-state index contributed by atoms with van der Waals surface area (Å²) in [4.78, 5) is 65.5. The highest BCUT2D eigenvalue weighted by Gasteiger charge is 2.27. The predicted molar refractivity (Wildman–Crippen MR) is 296 cm³/mol. The molecule has 0 fully saturated rings. The van der Waals surface area contributed by atoms with Crippen molar-refractivity contribution in [3.63, 3.8) is 0 Å². The number of rotatable bonds is 15. The van der Waals surface area contributed by atoms with Crippen molar-refractivity contribution in [1.82, 2.24) is 0 Å². The number of fused-ring (bicyclic) bond motifs is 2. The zero-order valence-corrected chi connectivity index (χ0v) is 48.9. The molecule has 0 saturated heterocycles. The van der Waals surface area contributed by atoms with Gasteiger partial charge in [-0.15, -0.1) is 8.80 Å². The number of ether oxygens (including phenoxy) is 4. The number of nitrogens with one attached hydrogen (secondary N) is 3. The molecule has 2 aliphatic heterocycles. The lowest BCUT2D eigenvalue weighted by Gasteiger charge is -2.17. The minimum Gasteiger partial charge on any atom is -0.481 e. The monoisotopic (exact) mass is 1280 g/mol. The average molecular weight is 1280 g/mol. The summed E-state index contributed by atoms with van der Waals surface area (Å²) in [7, 11) is -15.1. The number of amides is 1. The molecule has 10 N–H and O–H groups in total. The fraction of sp³-hybridized carbons (Fsp3) is 0.273. The first-order valence-corrected chi connectivity index (χ1v) is 32.7. The van der Waals surface area contributed by atoms with Crippen LogP contribution in [0, 0.1) is 0 Å². The van der Waals surface area contributed by atoms with Gasteiger partial charge in [0.25, 0.3) is 20.0 Å². The second-order valence-electron chi connectivity index (χ2n) is 14.7. The number of carbonyl (C=O) groups is 6. The zero-order chi connectivity index (χ0) is 61.1. The number of carbonyl (C=O) groups excluding carboxylic acids is 5. The number of amidine groups is 2. The molecular weight excluding hydrogens is 1230 g/mol. The summed E-state index contributed by atoms with van der Waals surface area (Å²) in [5.74, 6) is -4.09. The number of anilines is 4. The molecule has 0 atom stereocenters. The maximum atomic E-state index is 11.8. The van der Waals surface area contributed by atoms with Gasteiger partial charge in [0.05, 0.1) is 49.2 Å². The molecule has 0 radical (unpaired) electrons. The van der Waals surface area contributed by atoms with Crippen molar-refractivity contribution in [1.29, 1.82) is 0 Å². The fourth-order valence-corrected chi connectivity index (χ4v) is 9.27. The second-order valence-corrected chi connectivity index (χ2v) is 27.5. The lowest BCUT2D eigenvalue weighted by atomic mass is 10.3. The Morgan fingerprint density at radius 2 is 0.925 bits per heavy atom. The first kappa shape index (κ1) is 71.3. The third-order valence-corrected chi connectivity index (χ3v) is 13.2. The lowest BCUT2D eigenvalue weighted by Crippen LogP contribution is -2.24. The van der Waals surface area contributed by atoms with Gasteiger partial charge in [-0.05, 0) is 110 Å². The van der Waals surface area contributed by atoms with Crippen LogP contribution in [-0.2, 0) is 92.4 Å². The number of carboxylic acid groups (broad SMARTS) is 1. The number of hydrogen-bond acceptors (Lipinski definition) is 22. The first-order chi connectivity index (χ1) is 37.1. The number of primary sulfonamides is 2. The van der Waals surface area contributed by atoms with E-state index in [0.29, 0.717) is 11.4 Å². The van der Waals surface area contributed by atoms with Crippen LogP contribution in [0.25, 0.3) is 0 Å². The maximum Gasteiger partial charge on any atom is 0.339 e. The topological polar surface area (TPSA) is 452 Å². The normalized spacial score (nSPS) is 13.1. The summed E-state index contributed by atoms with van der Waals surface area (Å²) in [6, 6.07) is 24.3. The van der Waals surface area contributed by atoms with Crippen LogP contribution in [0.1, 0.15) is 53.4 Å². The largest absolute Gasteiger partial charge is 0.481 e. The molecule has 0 unspecified atom stereocenters. The minimum absolute atomic E-state index is 0.0271. The number of sulfonamides is 4. The molecule has 0 spiro atoms. The number of nitrogens with two attached hydrogens (primary N) is 3. The zero-order valence-electron chi connectivity index (χ0n) is 42.4. The van der Waals surface area contributed by atoms with E-state index in [4.69, 9.17) is 25.9 Å². The molecule has 0 aliphatic carbocycles. The highest BCUT2D eigenvalue weighted by molar-refractivity contribution is 8.24. The number of aliphatic carboxylic acids is 1. The lowest BCUT2D eigenvalue weighted by molar-refractivity contribution is -0.154. The summed E-state index contributed by atoms with van der Waals surface area (Å²) in [6.45, 7) is 7.66. The maximum absolute atomic E-state index is 11.8. The molecule has 2 aliphatic rings. The van der Waals surface area contributed by atoms with Gasteiger partial charge in [-0.2, -0.15) is 16.8 Å². The summed E-state index contributed by atoms with van der Waals surface area (Å²) >= 11 is 13.8. The van der Waals surface area contributed by atoms with E-state index in [2.05, 4.69) is 72.7 Å². The predicted octanol–water partition coefficient (Wildman–Crippen LogP) is 5.28. The van der Waals surface area contributed by atoms with E-state index in [0.717, 1.165) is 0 Å². The Balaban J connectivity index is 0.000000496. The number of carboxylic acids is 1. The Morgan fingerprint density at radius 1 is 0.575 bits per heavy atom. The number of para-hydroxylation sites is 4. The number of benzene rings is 4. The Bertz CT molecular complexity index is 3400. The Kier molecular flexibility index (Phi) is 30.1. The first-order valence-electron chi connectivity index (χ1n) is 22.3. The standard InChI is InChI=1S/C11H14N2O5S.C11H12N2O4S.C9H8N2O4S.C7H12O4.C6H8N2O2S.Cl3OP/c1-2-18-11(15)7-10(14)13-8-5-3-4-6-9(8)19(12,16)17;1-2-17-11(14)7-10-12-8-5-3-4-6-9(8)18(15,16)13-10;12-9(13)5-8-10-6-3-1-2-4-7(6)16(14,15)11-8;1-3-10-6(8)5-7(9)11-4-2;7-5-3-1-2-4-6(5)11(8,9)10;1-5(2,3)4/h3-6H,2,7H2,1H3,(H,13,14)(H2,12,16,17);3-6H,2,7H2,1H3,(H,12,13);1-4H,5H2,(H,10,11)(H,12,13);3-5H2,1-2H3;1-4H,7H2,(H2,8,9,10);. The highest BCUT2D eigenvalue weighted by atomic mass is 36.0. The average Bonchev–Trinajstić information content (AvgIpc) is 3.31. The van der Waals surface area contributed by atoms with Crippen molar-refractivity contribution in [3.8, 4) is 0 Å². The second kappa shape index (κ2) is 33.8. The fourth-order valence-electron chi connectivity index (χ4n) is 5.62. The van der Waals surface area contributed by atoms with E-state index in [1.54, 1.807) is 76.2 Å². The van der Waals surface area contributed by atoms with Gasteiger partial charge in [0.1, 0.15) is 56.9 Å². The van der Waals surface area contributed by atoms with Crippen LogP contribution in [0.4, 0.5) is 22.7 Å². The molecule has 4 aromatic carbocycles. The van der Waals surface area contributed by atoms with E-state index in [1.165, 1.54) is 48.5 Å². The van der Waals surface area contributed by atoms with Crippen LogP contribution < -0.4 is 32.0 Å². The molecule has 0 aromatic heterocycles. The van der Waals surface area contributed by atoms with Crippen molar-refractivity contribution in [2.75, 3.05) is 48.1 Å². The van der Waals surface area contributed by atoms with Gasteiger partial charge in [0.2, 0.25) is 26.0 Å². The quantitative estimate of drug-likeness (QED) is 0.0261. The number of nitrogens with zero attached hydrogens (tertiary/aromatic N) is 2. The summed E-state index contributed by atoms with van der Waals surface area (Å²) in [5.41, 5.74) is 6.33. The van der Waals surface area contributed by atoms with Crippen molar-refractivity contribution in [2.45, 2.75) is 73.0 Å². The minimum atomic E-state index is -3.95. The Morgan fingerprint density at radius 3 is 1.31 bits per heavy atom. The number of hydrogen-bond donors (Lipinski definition) is 7. The number of esters is 4. The van der Waals surface area contributed by atoms with E-state index >= 15 is 0 Å². The molecular formula is C44H54Cl3N8O20PS4. The molecule has 2 heterocycles.